The molecule has 3 heterocycles. The number of methoxy groups -OCH3 is 2. The maximum Gasteiger partial charge on any atom is 0.433 e. The Morgan fingerprint density at radius 3 is 2.41 bits per heavy atom. The molecule has 2 aromatic heterocycles. The highest BCUT2D eigenvalue weighted by molar-refractivity contribution is 5.86. The molecule has 12 heteroatoms. The molecule has 0 bridgehead atoms. The van der Waals surface area contributed by atoms with Crippen molar-refractivity contribution in [2.45, 2.75) is 0 Å². The van der Waals surface area contributed by atoms with Gasteiger partial charge in [0.1, 0.15) is 11.5 Å². The quantitative estimate of drug-likeness (QED) is 0.210. The van der Waals surface area contributed by atoms with Crippen LogP contribution in [0.2, 0.25) is 0 Å². The van der Waals surface area contributed by atoms with Crippen molar-refractivity contribution in [1.29, 1.82) is 0 Å². The van der Waals surface area contributed by atoms with Gasteiger partial charge in [-0.3, -0.25) is 14.9 Å². The molecule has 37 heavy (non-hydrogen) atoms. The molecule has 1 saturated heterocycles. The van der Waals surface area contributed by atoms with Crippen molar-refractivity contribution in [2.75, 3.05) is 27.4 Å². The number of ether oxygens (including phenoxy) is 3. The number of hydrazone groups is 1. The number of hydrogen-bond donors (Lipinski definition) is 0. The van der Waals surface area contributed by atoms with Crippen LogP contribution in [0.4, 0.5) is 10.7 Å². The topological polar surface area (TPSA) is 147 Å². The molecular formula is C25H21N3O9. The van der Waals surface area contributed by atoms with Crippen LogP contribution in [-0.2, 0) is 4.74 Å². The minimum atomic E-state index is -0.651. The number of carbonyl (C=O) groups is 1. The second-order valence-electron chi connectivity index (χ2n) is 7.41. The number of nitrogens with zero attached hydrogens (tertiary/aromatic N) is 3. The first-order chi connectivity index (χ1) is 17.9. The van der Waals surface area contributed by atoms with Gasteiger partial charge in [-0.1, -0.05) is 36.4 Å². The van der Waals surface area contributed by atoms with E-state index in [4.69, 9.17) is 18.3 Å². The summed E-state index contributed by atoms with van der Waals surface area (Å²) < 4.78 is 25.9. The molecule has 190 valence electrons. The lowest BCUT2D eigenvalue weighted by Crippen LogP contribution is -2.17. The summed E-state index contributed by atoms with van der Waals surface area (Å²) in [5.41, 5.74) is 0.986. The summed E-state index contributed by atoms with van der Waals surface area (Å²) in [5, 5.41) is 15.6. The molecule has 0 unspecified atom stereocenters. The zero-order valence-electron chi connectivity index (χ0n) is 19.8. The molecular weight excluding hydrogens is 486 g/mol. The van der Waals surface area contributed by atoms with Crippen LogP contribution in [0.15, 0.2) is 79.4 Å². The summed E-state index contributed by atoms with van der Waals surface area (Å²) in [5.74, 6) is 0.948. The third kappa shape index (κ3) is 5.42. The fraction of sp³-hybridized carbons (Fsp3) is 0.160. The van der Waals surface area contributed by atoms with E-state index in [0.29, 0.717) is 29.0 Å². The fourth-order valence-corrected chi connectivity index (χ4v) is 3.43. The predicted octanol–water partition coefficient (Wildman–Crippen LogP) is 4.45. The van der Waals surface area contributed by atoms with Gasteiger partial charge in [-0.15, -0.1) is 0 Å². The van der Waals surface area contributed by atoms with E-state index in [-0.39, 0.29) is 29.4 Å². The van der Waals surface area contributed by atoms with Crippen molar-refractivity contribution in [1.82, 2.24) is 5.01 Å². The van der Waals surface area contributed by atoms with Crippen LogP contribution in [0.3, 0.4) is 0 Å². The molecule has 1 fully saturated rings. The molecule has 5 rings (SSSR count). The Morgan fingerprint density at radius 1 is 1.00 bits per heavy atom. The summed E-state index contributed by atoms with van der Waals surface area (Å²) in [6.07, 6.45) is 0.678. The number of rotatable bonds is 6. The number of amides is 1. The van der Waals surface area contributed by atoms with Crippen LogP contribution in [0.1, 0.15) is 5.76 Å². The molecule has 0 radical (unpaired) electrons. The first kappa shape index (κ1) is 25.0. The van der Waals surface area contributed by atoms with Gasteiger partial charge in [-0.05, 0) is 18.2 Å². The Kier molecular flexibility index (Phi) is 7.48. The van der Waals surface area contributed by atoms with Gasteiger partial charge in [0, 0.05) is 5.56 Å². The van der Waals surface area contributed by atoms with Crippen LogP contribution in [0.5, 0.6) is 11.5 Å². The highest BCUT2D eigenvalue weighted by atomic mass is 16.6. The van der Waals surface area contributed by atoms with Crippen molar-refractivity contribution >= 4 is 29.2 Å². The van der Waals surface area contributed by atoms with Gasteiger partial charge in [-0.2, -0.15) is 10.1 Å². The standard InChI is InChI=1S/C17H14O4.C8H7N3O5/c1-19-13-10-6-9-12-14(18)17(20-2)15(21-16(12)13)11-7-4-3-5-8-11;12-8-10(3-4-15-8)9-5-6-1-2-7(16-6)11(13)14/h3-10H,1-2H3;1-2,5H,3-4H2. The first-order valence-corrected chi connectivity index (χ1v) is 10.9. The number of hydrogen-bond acceptors (Lipinski definition) is 10. The summed E-state index contributed by atoms with van der Waals surface area (Å²) >= 11 is 0. The van der Waals surface area contributed by atoms with Gasteiger partial charge in [-0.25, -0.2) is 4.79 Å². The number of para-hydroxylation sites is 1. The van der Waals surface area contributed by atoms with E-state index in [9.17, 15) is 19.7 Å². The second-order valence-corrected chi connectivity index (χ2v) is 7.41. The number of carbonyl (C=O) groups excluding carboxylic acids is 1. The van der Waals surface area contributed by atoms with Crippen LogP contribution in [0, 0.1) is 10.1 Å². The normalized spacial score (nSPS) is 12.8. The molecule has 0 atom stereocenters. The molecule has 1 aliphatic heterocycles. The smallest absolute Gasteiger partial charge is 0.433 e. The molecule has 0 aliphatic carbocycles. The van der Waals surface area contributed by atoms with Crippen molar-refractivity contribution < 1.29 is 32.8 Å². The molecule has 4 aromatic rings. The Bertz CT molecular complexity index is 1510. The third-order valence-corrected chi connectivity index (χ3v) is 5.16. The van der Waals surface area contributed by atoms with Gasteiger partial charge in [0.25, 0.3) is 0 Å². The lowest BCUT2D eigenvalue weighted by atomic mass is 10.1. The predicted molar refractivity (Wildman–Crippen MR) is 132 cm³/mol. The van der Waals surface area contributed by atoms with Crippen LogP contribution in [0.25, 0.3) is 22.3 Å². The monoisotopic (exact) mass is 507 g/mol. The number of benzene rings is 2. The molecule has 12 nitrogen and oxygen atoms in total. The SMILES string of the molecule is COc1c(-c2ccccc2)oc2c(OC)cccc2c1=O.O=C1OCCN1N=Cc1ccc([N+](=O)[O-])o1. The van der Waals surface area contributed by atoms with Crippen LogP contribution >= 0.6 is 0 Å². The average molecular weight is 507 g/mol. The van der Waals surface area contributed by atoms with E-state index in [0.717, 1.165) is 10.6 Å². The van der Waals surface area contributed by atoms with Gasteiger partial charge >= 0.3 is 12.0 Å². The number of cyclic esters (lactones) is 1. The van der Waals surface area contributed by atoms with E-state index in [2.05, 4.69) is 9.84 Å². The zero-order chi connectivity index (χ0) is 26.4. The molecule has 1 amide bonds. The molecule has 0 spiro atoms. The highest BCUT2D eigenvalue weighted by Gasteiger charge is 2.21. The lowest BCUT2D eigenvalue weighted by molar-refractivity contribution is -0.402. The van der Waals surface area contributed by atoms with E-state index in [1.165, 1.54) is 25.5 Å². The Balaban J connectivity index is 0.000000180. The van der Waals surface area contributed by atoms with Crippen LogP contribution in [-0.4, -0.2) is 49.6 Å². The molecule has 0 N–H and O–H groups in total. The van der Waals surface area contributed by atoms with E-state index in [1.54, 1.807) is 25.3 Å². The minimum absolute atomic E-state index is 0.196. The Labute approximate surface area is 209 Å². The van der Waals surface area contributed by atoms with Crippen molar-refractivity contribution in [3.8, 4) is 22.8 Å². The largest absolute Gasteiger partial charge is 0.493 e. The summed E-state index contributed by atoms with van der Waals surface area (Å²) in [6.45, 7) is 0.645. The van der Waals surface area contributed by atoms with Gasteiger partial charge in [0.2, 0.25) is 11.2 Å². The van der Waals surface area contributed by atoms with Gasteiger partial charge in [0.15, 0.2) is 22.9 Å². The maximum atomic E-state index is 12.6. The lowest BCUT2D eigenvalue weighted by Gasteiger charge is -2.10. The van der Waals surface area contributed by atoms with Crippen LogP contribution < -0.4 is 14.9 Å². The summed E-state index contributed by atoms with van der Waals surface area (Å²) in [6, 6.07) is 17.2. The molecule has 2 aromatic carbocycles. The van der Waals surface area contributed by atoms with E-state index < -0.39 is 11.0 Å². The summed E-state index contributed by atoms with van der Waals surface area (Å²) in [7, 11) is 3.01. The van der Waals surface area contributed by atoms with Gasteiger partial charge < -0.3 is 23.0 Å². The van der Waals surface area contributed by atoms with Crippen molar-refractivity contribution in [2.24, 2.45) is 5.10 Å². The average Bonchev–Trinajstić information content (AvgIpc) is 3.57. The molecule has 1 aliphatic rings. The third-order valence-electron chi connectivity index (χ3n) is 5.16. The van der Waals surface area contributed by atoms with E-state index >= 15 is 0 Å². The first-order valence-electron chi connectivity index (χ1n) is 10.9. The fourth-order valence-electron chi connectivity index (χ4n) is 3.43. The maximum absolute atomic E-state index is 12.6. The highest BCUT2D eigenvalue weighted by Crippen LogP contribution is 2.33. The number of fused-ring (bicyclic) bond motifs is 1. The second kappa shape index (κ2) is 11.1. The Hall–Kier alpha value is -5.13. The molecule has 0 saturated carbocycles. The van der Waals surface area contributed by atoms with Crippen molar-refractivity contribution in [3.05, 3.63) is 86.8 Å². The zero-order valence-corrected chi connectivity index (χ0v) is 19.8. The number of furan rings is 1. The Morgan fingerprint density at radius 2 is 1.78 bits per heavy atom. The van der Waals surface area contributed by atoms with E-state index in [1.807, 2.05) is 30.3 Å². The summed E-state index contributed by atoms with van der Waals surface area (Å²) in [4.78, 5) is 33.2. The van der Waals surface area contributed by atoms with Gasteiger partial charge in [0.05, 0.1) is 38.4 Å². The minimum Gasteiger partial charge on any atom is -0.493 e. The van der Waals surface area contributed by atoms with Crippen molar-refractivity contribution in [3.63, 3.8) is 0 Å². The number of nitro groups is 1.